The quantitative estimate of drug-likeness (QED) is 0.386. The van der Waals surface area contributed by atoms with E-state index in [0.29, 0.717) is 24.8 Å². The Morgan fingerprint density at radius 1 is 1.15 bits per heavy atom. The molecule has 0 radical (unpaired) electrons. The molecule has 6 heteroatoms. The monoisotopic (exact) mass is 362 g/mol. The number of ether oxygens (including phenoxy) is 2. The molecule has 0 aromatic rings. The van der Waals surface area contributed by atoms with E-state index in [0.717, 1.165) is 12.8 Å². The lowest BCUT2D eigenvalue weighted by molar-refractivity contribution is -0.267. The van der Waals surface area contributed by atoms with Crippen molar-refractivity contribution in [3.63, 3.8) is 0 Å². The fraction of sp³-hybridized carbons (Fsp3) is 0.800. The fourth-order valence-corrected chi connectivity index (χ4v) is 7.33. The summed E-state index contributed by atoms with van der Waals surface area (Å²) in [5, 5.41) is 21.7. The van der Waals surface area contributed by atoms with Crippen molar-refractivity contribution in [3.05, 3.63) is 12.2 Å². The SMILES string of the molecule is C=C1C(=O)[C@]23C[C@H]1CC[C@H]2[C@]12[C@H](CCC(C)(C)[C@H]1[C@H](O)O[C@@H]2O)OC3=O. The first-order valence-corrected chi connectivity index (χ1v) is 9.63. The van der Waals surface area contributed by atoms with Crippen molar-refractivity contribution >= 4 is 11.8 Å². The van der Waals surface area contributed by atoms with Gasteiger partial charge in [0.1, 0.15) is 11.5 Å². The number of rotatable bonds is 0. The van der Waals surface area contributed by atoms with E-state index in [1.807, 2.05) is 0 Å². The van der Waals surface area contributed by atoms with Crippen molar-refractivity contribution < 1.29 is 29.3 Å². The van der Waals surface area contributed by atoms with E-state index < -0.39 is 41.4 Å². The second-order valence-corrected chi connectivity index (χ2v) is 9.63. The van der Waals surface area contributed by atoms with Crippen molar-refractivity contribution in [1.82, 2.24) is 0 Å². The number of esters is 1. The van der Waals surface area contributed by atoms with E-state index in [-0.39, 0.29) is 23.0 Å². The molecule has 0 aromatic carbocycles. The molecule has 8 atom stereocenters. The Hall–Kier alpha value is -1.24. The average Bonchev–Trinajstić information content (AvgIpc) is 2.96. The Morgan fingerprint density at radius 2 is 1.88 bits per heavy atom. The minimum absolute atomic E-state index is 0.0127. The lowest BCUT2D eigenvalue weighted by Gasteiger charge is -2.62. The maximum Gasteiger partial charge on any atom is 0.320 e. The van der Waals surface area contributed by atoms with Crippen LogP contribution < -0.4 is 0 Å². The van der Waals surface area contributed by atoms with E-state index in [2.05, 4.69) is 20.4 Å². The molecule has 2 heterocycles. The molecule has 2 N–H and O–H groups in total. The summed E-state index contributed by atoms with van der Waals surface area (Å²) in [4.78, 5) is 26.3. The third-order valence-electron chi connectivity index (χ3n) is 8.34. The van der Waals surface area contributed by atoms with Crippen LogP contribution in [0.1, 0.15) is 46.0 Å². The van der Waals surface area contributed by atoms with Crippen LogP contribution in [0.4, 0.5) is 0 Å². The third kappa shape index (κ3) is 1.57. The van der Waals surface area contributed by atoms with E-state index in [1.54, 1.807) is 0 Å². The zero-order valence-electron chi connectivity index (χ0n) is 15.2. The summed E-state index contributed by atoms with van der Waals surface area (Å²) in [5.74, 6) is -1.45. The van der Waals surface area contributed by atoms with Crippen molar-refractivity contribution in [1.29, 1.82) is 0 Å². The molecule has 3 aliphatic carbocycles. The van der Waals surface area contributed by atoms with Gasteiger partial charge in [0.05, 0.1) is 5.41 Å². The van der Waals surface area contributed by atoms with Gasteiger partial charge in [-0.15, -0.1) is 0 Å². The molecule has 0 unspecified atom stereocenters. The first kappa shape index (κ1) is 16.9. The maximum absolute atomic E-state index is 13.2. The zero-order valence-corrected chi connectivity index (χ0v) is 15.2. The molecule has 3 saturated carbocycles. The standard InChI is InChI=1S/C20H26O6/c1-9-10-4-5-11-19(8-10,14(9)21)16(23)25-12-6-7-18(2,3)13-15(22)26-17(24)20(11,12)13/h10-13,15,17,22,24H,1,4-8H2,2-3H3/t10-,11-,12+,13-,15-,17+,19+,20+/m1/s1. The van der Waals surface area contributed by atoms with E-state index >= 15 is 0 Å². The number of carbonyl (C=O) groups excluding carboxylic acids is 2. The lowest BCUT2D eigenvalue weighted by Crippen LogP contribution is -2.69. The van der Waals surface area contributed by atoms with Crippen LogP contribution in [0.15, 0.2) is 12.2 Å². The van der Waals surface area contributed by atoms with Crippen LogP contribution in [0.2, 0.25) is 0 Å². The Morgan fingerprint density at radius 3 is 2.62 bits per heavy atom. The van der Waals surface area contributed by atoms with Gasteiger partial charge < -0.3 is 19.7 Å². The van der Waals surface area contributed by atoms with Gasteiger partial charge in [0.2, 0.25) is 0 Å². The predicted molar refractivity (Wildman–Crippen MR) is 89.3 cm³/mol. The Bertz CT molecular complexity index is 728. The van der Waals surface area contributed by atoms with Gasteiger partial charge in [-0.05, 0) is 54.9 Å². The highest BCUT2D eigenvalue weighted by Crippen LogP contribution is 2.72. The largest absolute Gasteiger partial charge is 0.461 e. The number of carbonyl (C=O) groups is 2. The Balaban J connectivity index is 1.75. The number of Topliss-reactive ketones (excluding diaryl/α,β-unsaturated/α-hetero) is 1. The average molecular weight is 362 g/mol. The fourth-order valence-electron chi connectivity index (χ4n) is 7.33. The zero-order chi connectivity index (χ0) is 18.6. The third-order valence-corrected chi connectivity index (χ3v) is 8.34. The number of fused-ring (bicyclic) bond motifs is 1. The highest BCUT2D eigenvalue weighted by molar-refractivity contribution is 6.15. The van der Waals surface area contributed by atoms with Gasteiger partial charge in [-0.1, -0.05) is 20.4 Å². The molecule has 2 spiro atoms. The molecule has 5 rings (SSSR count). The van der Waals surface area contributed by atoms with Crippen LogP contribution in [-0.2, 0) is 19.1 Å². The number of ketones is 1. The summed E-state index contributed by atoms with van der Waals surface area (Å²) in [6, 6.07) is 0. The van der Waals surface area contributed by atoms with E-state index in [4.69, 9.17) is 9.47 Å². The molecular weight excluding hydrogens is 336 g/mol. The van der Waals surface area contributed by atoms with E-state index in [1.165, 1.54) is 0 Å². The Labute approximate surface area is 152 Å². The van der Waals surface area contributed by atoms with Crippen LogP contribution in [0.25, 0.3) is 0 Å². The maximum atomic E-state index is 13.2. The van der Waals surface area contributed by atoms with Gasteiger partial charge >= 0.3 is 5.97 Å². The molecule has 5 aliphatic rings. The van der Waals surface area contributed by atoms with Crippen LogP contribution in [0.5, 0.6) is 0 Å². The first-order chi connectivity index (χ1) is 12.2. The molecular formula is C20H26O6. The van der Waals surface area contributed by atoms with Crippen molar-refractivity contribution in [3.8, 4) is 0 Å². The van der Waals surface area contributed by atoms with Gasteiger partial charge in [-0.25, -0.2) is 0 Å². The summed E-state index contributed by atoms with van der Waals surface area (Å²) >= 11 is 0. The molecule has 2 bridgehead atoms. The van der Waals surface area contributed by atoms with Crippen LogP contribution in [0, 0.1) is 34.0 Å². The topological polar surface area (TPSA) is 93.1 Å². The van der Waals surface area contributed by atoms with Crippen molar-refractivity contribution in [2.24, 2.45) is 34.0 Å². The molecule has 0 amide bonds. The number of hydrogen-bond donors (Lipinski definition) is 2. The van der Waals surface area contributed by atoms with Gasteiger partial charge in [0.25, 0.3) is 0 Å². The molecule has 0 aromatic heterocycles. The summed E-state index contributed by atoms with van der Waals surface area (Å²) in [6.07, 6.45) is 0.276. The normalized spacial score (nSPS) is 54.4. The predicted octanol–water partition coefficient (Wildman–Crippen LogP) is 1.54. The summed E-state index contributed by atoms with van der Waals surface area (Å²) < 4.78 is 11.4. The smallest absolute Gasteiger partial charge is 0.320 e. The van der Waals surface area contributed by atoms with Crippen LogP contribution >= 0.6 is 0 Å². The number of aliphatic hydroxyl groups is 2. The van der Waals surface area contributed by atoms with Crippen molar-refractivity contribution in [2.75, 3.05) is 0 Å². The van der Waals surface area contributed by atoms with Crippen LogP contribution in [0.3, 0.4) is 0 Å². The summed E-state index contributed by atoms with van der Waals surface area (Å²) in [7, 11) is 0. The lowest BCUT2D eigenvalue weighted by atomic mass is 9.43. The minimum atomic E-state index is -1.27. The second kappa shape index (κ2) is 4.78. The molecule has 142 valence electrons. The summed E-state index contributed by atoms with van der Waals surface area (Å²) in [6.45, 7) is 8.07. The highest BCUT2D eigenvalue weighted by Gasteiger charge is 2.79. The minimum Gasteiger partial charge on any atom is -0.461 e. The first-order valence-electron chi connectivity index (χ1n) is 9.63. The number of hydrogen-bond acceptors (Lipinski definition) is 6. The van der Waals surface area contributed by atoms with Crippen LogP contribution in [-0.4, -0.2) is 40.6 Å². The molecule has 6 nitrogen and oxygen atoms in total. The molecule has 5 fully saturated rings. The van der Waals surface area contributed by atoms with Gasteiger partial charge in [-0.2, -0.15) is 0 Å². The van der Waals surface area contributed by atoms with Gasteiger partial charge in [0, 0.05) is 5.92 Å². The summed E-state index contributed by atoms with van der Waals surface area (Å²) in [5.41, 5.74) is -2.00. The Kier molecular flexibility index (Phi) is 3.10. The van der Waals surface area contributed by atoms with E-state index in [9.17, 15) is 19.8 Å². The van der Waals surface area contributed by atoms with Gasteiger partial charge in [0.15, 0.2) is 18.4 Å². The second-order valence-electron chi connectivity index (χ2n) is 9.63. The molecule has 2 aliphatic heterocycles. The number of aliphatic hydroxyl groups excluding tert-OH is 2. The van der Waals surface area contributed by atoms with Gasteiger partial charge in [-0.3, -0.25) is 9.59 Å². The number of allylic oxidation sites excluding steroid dienone is 1. The highest BCUT2D eigenvalue weighted by atomic mass is 16.7. The molecule has 26 heavy (non-hydrogen) atoms. The molecule has 2 saturated heterocycles. The van der Waals surface area contributed by atoms with Crippen molar-refractivity contribution in [2.45, 2.75) is 64.6 Å².